The maximum atomic E-state index is 12.3. The molecule has 0 spiro atoms. The highest BCUT2D eigenvalue weighted by Gasteiger charge is 2.28. The van der Waals surface area contributed by atoms with Gasteiger partial charge in [-0.2, -0.15) is 0 Å². The molecule has 0 radical (unpaired) electrons. The Morgan fingerprint density at radius 1 is 1.24 bits per heavy atom. The standard InChI is InChI=1S/C14H12N2O/c17-14(10-4-3-7-15-8-10)12-9-16-13-6-2-1-5-11(12)13/h1-8,12,16H,9H2. The molecular weight excluding hydrogens is 212 g/mol. The van der Waals surface area contributed by atoms with Crippen LogP contribution < -0.4 is 5.32 Å². The Morgan fingerprint density at radius 3 is 2.94 bits per heavy atom. The van der Waals surface area contributed by atoms with Crippen molar-refractivity contribution in [2.45, 2.75) is 5.92 Å². The third-order valence-electron chi connectivity index (χ3n) is 3.10. The van der Waals surface area contributed by atoms with Crippen LogP contribution in [0.4, 0.5) is 5.69 Å². The second kappa shape index (κ2) is 4.01. The molecule has 1 unspecified atom stereocenters. The quantitative estimate of drug-likeness (QED) is 0.797. The monoisotopic (exact) mass is 224 g/mol. The van der Waals surface area contributed by atoms with Crippen LogP contribution >= 0.6 is 0 Å². The number of benzene rings is 1. The third-order valence-corrected chi connectivity index (χ3v) is 3.10. The van der Waals surface area contributed by atoms with Crippen LogP contribution in [0, 0.1) is 0 Å². The Labute approximate surface area is 99.5 Å². The van der Waals surface area contributed by atoms with Gasteiger partial charge in [0.1, 0.15) is 0 Å². The normalized spacial score (nSPS) is 17.3. The van der Waals surface area contributed by atoms with Crippen molar-refractivity contribution in [1.29, 1.82) is 0 Å². The molecule has 1 aromatic carbocycles. The van der Waals surface area contributed by atoms with Crippen LogP contribution in [-0.2, 0) is 0 Å². The summed E-state index contributed by atoms with van der Waals surface area (Å²) in [6.07, 6.45) is 3.31. The lowest BCUT2D eigenvalue weighted by Gasteiger charge is -2.08. The van der Waals surface area contributed by atoms with E-state index >= 15 is 0 Å². The van der Waals surface area contributed by atoms with Gasteiger partial charge in [0.25, 0.3) is 0 Å². The molecule has 84 valence electrons. The maximum Gasteiger partial charge on any atom is 0.173 e. The first-order valence-electron chi connectivity index (χ1n) is 5.63. The number of Topliss-reactive ketones (excluding diaryl/α,β-unsaturated/α-hetero) is 1. The van der Waals surface area contributed by atoms with Gasteiger partial charge in [0.2, 0.25) is 0 Å². The third kappa shape index (κ3) is 1.69. The van der Waals surface area contributed by atoms with E-state index in [2.05, 4.69) is 10.3 Å². The summed E-state index contributed by atoms with van der Waals surface area (Å²) in [7, 11) is 0. The fourth-order valence-electron chi connectivity index (χ4n) is 2.23. The summed E-state index contributed by atoms with van der Waals surface area (Å²) < 4.78 is 0. The van der Waals surface area contributed by atoms with Crippen molar-refractivity contribution in [2.75, 3.05) is 11.9 Å². The van der Waals surface area contributed by atoms with E-state index in [1.54, 1.807) is 18.5 Å². The smallest absolute Gasteiger partial charge is 0.173 e. The first-order valence-corrected chi connectivity index (χ1v) is 5.63. The highest BCUT2D eigenvalue weighted by atomic mass is 16.1. The molecule has 1 aliphatic heterocycles. The van der Waals surface area contributed by atoms with E-state index in [1.165, 1.54) is 0 Å². The van der Waals surface area contributed by atoms with Crippen LogP contribution in [0.5, 0.6) is 0 Å². The predicted molar refractivity (Wildman–Crippen MR) is 66.2 cm³/mol. The van der Waals surface area contributed by atoms with Gasteiger partial charge in [-0.25, -0.2) is 0 Å². The number of ketones is 1. The van der Waals surface area contributed by atoms with Crippen LogP contribution in [0.15, 0.2) is 48.8 Å². The average molecular weight is 224 g/mol. The van der Waals surface area contributed by atoms with Gasteiger partial charge in [0.05, 0.1) is 5.92 Å². The minimum absolute atomic E-state index is 0.0876. The molecule has 3 heteroatoms. The Hall–Kier alpha value is -2.16. The Bertz CT molecular complexity index is 551. The van der Waals surface area contributed by atoms with E-state index in [4.69, 9.17) is 0 Å². The second-order valence-corrected chi connectivity index (χ2v) is 4.13. The Kier molecular flexibility index (Phi) is 2.37. The molecule has 1 aromatic heterocycles. The van der Waals surface area contributed by atoms with E-state index in [0.29, 0.717) is 12.1 Å². The van der Waals surface area contributed by atoms with Gasteiger partial charge in [0, 0.05) is 30.2 Å². The number of carbonyl (C=O) groups is 1. The predicted octanol–water partition coefficient (Wildman–Crippen LogP) is 2.47. The first-order chi connectivity index (χ1) is 8.36. The van der Waals surface area contributed by atoms with Gasteiger partial charge in [-0.15, -0.1) is 0 Å². The van der Waals surface area contributed by atoms with Crippen molar-refractivity contribution in [3.63, 3.8) is 0 Å². The number of rotatable bonds is 2. The molecule has 2 aromatic rings. The summed E-state index contributed by atoms with van der Waals surface area (Å²) in [6, 6.07) is 11.6. The number of fused-ring (bicyclic) bond motifs is 1. The molecule has 1 atom stereocenters. The van der Waals surface area contributed by atoms with Crippen molar-refractivity contribution in [2.24, 2.45) is 0 Å². The highest BCUT2D eigenvalue weighted by Crippen LogP contribution is 2.33. The van der Waals surface area contributed by atoms with Crippen LogP contribution in [0.3, 0.4) is 0 Å². The maximum absolute atomic E-state index is 12.3. The number of para-hydroxylation sites is 1. The minimum atomic E-state index is -0.0876. The lowest BCUT2D eigenvalue weighted by atomic mass is 9.93. The summed E-state index contributed by atoms with van der Waals surface area (Å²) in [5.41, 5.74) is 2.83. The molecule has 17 heavy (non-hydrogen) atoms. The van der Waals surface area contributed by atoms with E-state index in [-0.39, 0.29) is 11.7 Å². The number of carbonyl (C=O) groups excluding carboxylic acids is 1. The summed E-state index contributed by atoms with van der Waals surface area (Å²) in [5, 5.41) is 3.26. The van der Waals surface area contributed by atoms with Gasteiger partial charge in [-0.05, 0) is 23.8 Å². The zero-order valence-corrected chi connectivity index (χ0v) is 9.26. The molecule has 0 saturated heterocycles. The topological polar surface area (TPSA) is 42.0 Å². The number of pyridine rings is 1. The zero-order chi connectivity index (χ0) is 11.7. The van der Waals surface area contributed by atoms with E-state index in [0.717, 1.165) is 11.3 Å². The fraction of sp³-hybridized carbons (Fsp3) is 0.143. The summed E-state index contributed by atoms with van der Waals surface area (Å²) in [6.45, 7) is 0.674. The number of hydrogen-bond acceptors (Lipinski definition) is 3. The number of nitrogens with one attached hydrogen (secondary N) is 1. The molecule has 0 aliphatic carbocycles. The van der Waals surface area contributed by atoms with Crippen molar-refractivity contribution in [3.8, 4) is 0 Å². The average Bonchev–Trinajstić information content (AvgIpc) is 2.83. The summed E-state index contributed by atoms with van der Waals surface area (Å²) in [5.74, 6) is 0.0472. The number of anilines is 1. The molecule has 0 bridgehead atoms. The molecule has 2 heterocycles. The van der Waals surface area contributed by atoms with Gasteiger partial charge < -0.3 is 5.32 Å². The number of aromatic nitrogens is 1. The molecule has 0 fully saturated rings. The molecule has 1 aliphatic rings. The van der Waals surface area contributed by atoms with Gasteiger partial charge in [0.15, 0.2) is 5.78 Å². The Balaban J connectivity index is 1.95. The van der Waals surface area contributed by atoms with Crippen molar-refractivity contribution in [3.05, 3.63) is 59.9 Å². The lowest BCUT2D eigenvalue weighted by Crippen LogP contribution is -2.14. The van der Waals surface area contributed by atoms with Crippen molar-refractivity contribution in [1.82, 2.24) is 4.98 Å². The SMILES string of the molecule is O=C(c1cccnc1)C1CNc2ccccc21. The highest BCUT2D eigenvalue weighted by molar-refractivity contribution is 6.02. The first kappa shape index (κ1) is 10.0. The summed E-state index contributed by atoms with van der Waals surface area (Å²) >= 11 is 0. The molecule has 0 amide bonds. The van der Waals surface area contributed by atoms with Crippen LogP contribution in [-0.4, -0.2) is 17.3 Å². The van der Waals surface area contributed by atoms with Crippen LogP contribution in [0.2, 0.25) is 0 Å². The van der Waals surface area contributed by atoms with E-state index in [9.17, 15) is 4.79 Å². The minimum Gasteiger partial charge on any atom is -0.384 e. The van der Waals surface area contributed by atoms with Gasteiger partial charge in [-0.3, -0.25) is 9.78 Å². The van der Waals surface area contributed by atoms with Crippen LogP contribution in [0.25, 0.3) is 0 Å². The Morgan fingerprint density at radius 2 is 2.12 bits per heavy atom. The molecule has 3 nitrogen and oxygen atoms in total. The lowest BCUT2D eigenvalue weighted by molar-refractivity contribution is 0.0966. The second-order valence-electron chi connectivity index (χ2n) is 4.13. The van der Waals surface area contributed by atoms with Gasteiger partial charge >= 0.3 is 0 Å². The number of nitrogens with zero attached hydrogens (tertiary/aromatic N) is 1. The molecule has 3 rings (SSSR count). The molecule has 0 saturated carbocycles. The largest absolute Gasteiger partial charge is 0.384 e. The molecular formula is C14H12N2O. The van der Waals surface area contributed by atoms with Crippen molar-refractivity contribution >= 4 is 11.5 Å². The van der Waals surface area contributed by atoms with Gasteiger partial charge in [-0.1, -0.05) is 18.2 Å². The van der Waals surface area contributed by atoms with Crippen molar-refractivity contribution < 1.29 is 4.79 Å². The van der Waals surface area contributed by atoms with E-state index in [1.807, 2.05) is 30.3 Å². The fourth-order valence-corrected chi connectivity index (χ4v) is 2.23. The summed E-state index contributed by atoms with van der Waals surface area (Å²) in [4.78, 5) is 16.3. The zero-order valence-electron chi connectivity index (χ0n) is 9.26. The molecule has 1 N–H and O–H groups in total. The number of hydrogen-bond donors (Lipinski definition) is 1. The van der Waals surface area contributed by atoms with E-state index < -0.39 is 0 Å². The van der Waals surface area contributed by atoms with Crippen LogP contribution in [0.1, 0.15) is 21.8 Å².